The fraction of sp³-hybridized carbons (Fsp3) is 0.312. The van der Waals surface area contributed by atoms with Crippen LogP contribution in [0.15, 0.2) is 45.1 Å². The Kier molecular flexibility index (Phi) is 3.78. The minimum absolute atomic E-state index is 0.274. The molecule has 0 saturated carbocycles. The Hall–Kier alpha value is -1.92. The van der Waals surface area contributed by atoms with Crippen molar-refractivity contribution in [2.45, 2.75) is 18.9 Å². The van der Waals surface area contributed by atoms with E-state index in [2.05, 4.69) is 15.8 Å². The zero-order valence-electron chi connectivity index (χ0n) is 12.0. The summed E-state index contributed by atoms with van der Waals surface area (Å²) in [6, 6.07) is 10.0. The number of amidine groups is 1. The van der Waals surface area contributed by atoms with Crippen molar-refractivity contribution in [3.63, 3.8) is 0 Å². The topological polar surface area (TPSA) is 58.8 Å². The summed E-state index contributed by atoms with van der Waals surface area (Å²) in [5, 5.41) is 3.97. The molecule has 0 spiro atoms. The van der Waals surface area contributed by atoms with Gasteiger partial charge < -0.3 is 9.15 Å². The van der Waals surface area contributed by atoms with Gasteiger partial charge in [0.1, 0.15) is 11.3 Å². The number of hydrogen-bond donors (Lipinski definition) is 2. The minimum Gasteiger partial charge on any atom is -0.454 e. The second-order valence-corrected chi connectivity index (χ2v) is 6.19. The van der Waals surface area contributed by atoms with Crippen LogP contribution in [-0.4, -0.2) is 24.4 Å². The molecule has 114 valence electrons. The normalized spacial score (nSPS) is 23.4. The predicted octanol–water partition coefficient (Wildman–Crippen LogP) is 3.11. The summed E-state index contributed by atoms with van der Waals surface area (Å²) in [6.45, 7) is 1.58. The van der Waals surface area contributed by atoms with E-state index >= 15 is 0 Å². The number of furan rings is 1. The van der Waals surface area contributed by atoms with Crippen molar-refractivity contribution in [1.29, 1.82) is 0 Å². The molecule has 0 unspecified atom stereocenters. The fourth-order valence-corrected chi connectivity index (χ4v) is 3.24. The molecule has 4 rings (SSSR count). The van der Waals surface area contributed by atoms with Crippen molar-refractivity contribution in [2.75, 3.05) is 13.2 Å². The number of ether oxygens (including phenoxy) is 1. The van der Waals surface area contributed by atoms with Crippen molar-refractivity contribution < 1.29 is 9.15 Å². The lowest BCUT2D eigenvalue weighted by molar-refractivity contribution is 0.118. The minimum atomic E-state index is 0.274. The van der Waals surface area contributed by atoms with Gasteiger partial charge in [0.05, 0.1) is 12.6 Å². The van der Waals surface area contributed by atoms with Crippen LogP contribution in [0.4, 0.5) is 0 Å². The summed E-state index contributed by atoms with van der Waals surface area (Å²) in [4.78, 5) is 4.54. The molecule has 6 heteroatoms. The fourth-order valence-electron chi connectivity index (χ4n) is 2.58. The zero-order chi connectivity index (χ0) is 14.8. The Morgan fingerprint density at radius 1 is 1.27 bits per heavy atom. The van der Waals surface area contributed by atoms with Crippen LogP contribution < -0.4 is 10.9 Å². The number of rotatable bonds is 3. The van der Waals surface area contributed by atoms with Crippen LogP contribution in [0.25, 0.3) is 16.7 Å². The molecule has 2 aromatic rings. The molecule has 0 amide bonds. The van der Waals surface area contributed by atoms with E-state index in [0.29, 0.717) is 6.54 Å². The maximum absolute atomic E-state index is 5.84. The molecule has 2 N–H and O–H groups in total. The van der Waals surface area contributed by atoms with E-state index in [0.717, 1.165) is 47.0 Å². The third-order valence-corrected chi connectivity index (χ3v) is 4.55. The second-order valence-electron chi connectivity index (χ2n) is 5.33. The molecule has 22 heavy (non-hydrogen) atoms. The predicted molar refractivity (Wildman–Crippen MR) is 89.3 cm³/mol. The van der Waals surface area contributed by atoms with Gasteiger partial charge in [0, 0.05) is 17.4 Å². The van der Waals surface area contributed by atoms with Crippen molar-refractivity contribution in [3.05, 3.63) is 41.5 Å². The Balaban J connectivity index is 1.45. The maximum Gasteiger partial charge on any atom is 0.179 e. The van der Waals surface area contributed by atoms with Crippen LogP contribution in [0.1, 0.15) is 18.6 Å². The first-order valence-corrected chi connectivity index (χ1v) is 8.30. The Bertz CT molecular complexity index is 699. The summed E-state index contributed by atoms with van der Waals surface area (Å²) in [7, 11) is 0. The van der Waals surface area contributed by atoms with Crippen molar-refractivity contribution in [1.82, 2.24) is 10.9 Å². The Morgan fingerprint density at radius 3 is 3.00 bits per heavy atom. The van der Waals surface area contributed by atoms with E-state index in [4.69, 9.17) is 9.15 Å². The van der Waals surface area contributed by atoms with Gasteiger partial charge >= 0.3 is 0 Å². The number of nitrogens with one attached hydrogen (secondary N) is 2. The first-order valence-electron chi connectivity index (χ1n) is 7.42. The molecule has 2 aliphatic heterocycles. The van der Waals surface area contributed by atoms with E-state index in [1.165, 1.54) is 0 Å². The van der Waals surface area contributed by atoms with Gasteiger partial charge in [0.25, 0.3) is 0 Å². The number of benzene rings is 1. The average molecular weight is 315 g/mol. The molecule has 0 radical (unpaired) electrons. The molecule has 1 fully saturated rings. The van der Waals surface area contributed by atoms with Gasteiger partial charge in [0.15, 0.2) is 10.9 Å². The van der Waals surface area contributed by atoms with Gasteiger partial charge in [-0.3, -0.25) is 15.8 Å². The number of hydrazine groups is 1. The molecule has 1 aromatic carbocycles. The van der Waals surface area contributed by atoms with Crippen LogP contribution in [-0.2, 0) is 4.74 Å². The van der Waals surface area contributed by atoms with Gasteiger partial charge in [-0.25, -0.2) is 0 Å². The van der Waals surface area contributed by atoms with Crippen LogP contribution in [0.2, 0.25) is 0 Å². The molecular weight excluding hydrogens is 298 g/mol. The molecule has 1 aromatic heterocycles. The largest absolute Gasteiger partial charge is 0.454 e. The second kappa shape index (κ2) is 6.06. The number of thioether (sulfide) groups is 1. The number of fused-ring (bicyclic) bond motifs is 1. The van der Waals surface area contributed by atoms with Gasteiger partial charge in [-0.1, -0.05) is 30.0 Å². The van der Waals surface area contributed by atoms with E-state index in [1.807, 2.05) is 35.7 Å². The number of para-hydroxylation sites is 1. The first kappa shape index (κ1) is 13.7. The van der Waals surface area contributed by atoms with Crippen molar-refractivity contribution in [3.8, 4) is 0 Å². The highest BCUT2D eigenvalue weighted by Crippen LogP contribution is 2.26. The maximum atomic E-state index is 5.84. The lowest BCUT2D eigenvalue weighted by Crippen LogP contribution is -2.37. The molecular formula is C16H17N3O2S. The lowest BCUT2D eigenvalue weighted by Gasteiger charge is -2.17. The van der Waals surface area contributed by atoms with Gasteiger partial charge in [0.2, 0.25) is 0 Å². The SMILES string of the molecule is C1=C(c2cc3ccccc3o2)NNC(=NC[C@H]2CCCO2)S1. The van der Waals surface area contributed by atoms with Crippen LogP contribution in [0.5, 0.6) is 0 Å². The summed E-state index contributed by atoms with van der Waals surface area (Å²) < 4.78 is 11.4. The Labute approximate surface area is 132 Å². The summed E-state index contributed by atoms with van der Waals surface area (Å²) in [5.74, 6) is 0.819. The van der Waals surface area contributed by atoms with E-state index in [-0.39, 0.29) is 6.10 Å². The molecule has 0 aliphatic carbocycles. The van der Waals surface area contributed by atoms with E-state index in [9.17, 15) is 0 Å². The highest BCUT2D eigenvalue weighted by molar-refractivity contribution is 8.16. The quantitative estimate of drug-likeness (QED) is 0.911. The Morgan fingerprint density at radius 2 is 2.23 bits per heavy atom. The van der Waals surface area contributed by atoms with E-state index in [1.54, 1.807) is 11.8 Å². The van der Waals surface area contributed by atoms with Crippen LogP contribution >= 0.6 is 11.8 Å². The third-order valence-electron chi connectivity index (χ3n) is 3.75. The van der Waals surface area contributed by atoms with Gasteiger partial charge in [-0.2, -0.15) is 0 Å². The highest BCUT2D eigenvalue weighted by Gasteiger charge is 2.17. The zero-order valence-corrected chi connectivity index (χ0v) is 12.9. The smallest absolute Gasteiger partial charge is 0.179 e. The molecule has 2 aliphatic rings. The summed E-state index contributed by atoms with van der Waals surface area (Å²) in [6.07, 6.45) is 2.52. The van der Waals surface area contributed by atoms with Crippen LogP contribution in [0, 0.1) is 0 Å². The standard InChI is InChI=1S/C16H17N3O2S/c1-2-6-14-11(4-1)8-15(21-14)13-10-22-16(19-18-13)17-9-12-5-3-7-20-12/h1-2,4,6,8,10,12,18H,3,5,7,9H2,(H,17,19)/t12-/m1/s1. The molecule has 1 saturated heterocycles. The number of nitrogens with zero attached hydrogens (tertiary/aromatic N) is 1. The van der Waals surface area contributed by atoms with E-state index < -0.39 is 0 Å². The number of aliphatic imine (C=N–C) groups is 1. The van der Waals surface area contributed by atoms with Crippen LogP contribution in [0.3, 0.4) is 0 Å². The number of hydrogen-bond acceptors (Lipinski definition) is 5. The summed E-state index contributed by atoms with van der Waals surface area (Å²) >= 11 is 1.56. The monoisotopic (exact) mass is 315 g/mol. The van der Waals surface area contributed by atoms with Gasteiger partial charge in [-0.05, 0) is 25.0 Å². The highest BCUT2D eigenvalue weighted by atomic mass is 32.2. The first-order chi connectivity index (χ1) is 10.9. The molecule has 3 heterocycles. The molecule has 0 bridgehead atoms. The molecule has 1 atom stereocenters. The van der Waals surface area contributed by atoms with Crippen molar-refractivity contribution >= 4 is 33.6 Å². The molecule has 5 nitrogen and oxygen atoms in total. The third kappa shape index (κ3) is 2.84. The van der Waals surface area contributed by atoms with Crippen molar-refractivity contribution in [2.24, 2.45) is 4.99 Å². The van der Waals surface area contributed by atoms with Gasteiger partial charge in [-0.15, -0.1) is 0 Å². The average Bonchev–Trinajstić information content (AvgIpc) is 3.22. The lowest BCUT2D eigenvalue weighted by atomic mass is 10.2. The summed E-state index contributed by atoms with van der Waals surface area (Å²) in [5.41, 5.74) is 8.07.